The number of aromatic amines is 1. The maximum absolute atomic E-state index is 12.1. The molecule has 1 fully saturated rings. The molecule has 2 aromatic carbocycles. The lowest BCUT2D eigenvalue weighted by Crippen LogP contribution is -2.48. The van der Waals surface area contributed by atoms with Gasteiger partial charge in [0.25, 0.3) is 5.91 Å². The van der Waals surface area contributed by atoms with E-state index in [1.807, 2.05) is 18.2 Å². The Morgan fingerprint density at radius 1 is 1.07 bits per heavy atom. The van der Waals surface area contributed by atoms with Gasteiger partial charge in [-0.15, -0.1) is 0 Å². The number of hydrogen-bond donors (Lipinski definition) is 4. The molecule has 7 heteroatoms. The van der Waals surface area contributed by atoms with Crippen LogP contribution in [0.25, 0.3) is 10.9 Å². The number of benzene rings is 2. The number of carbonyl (C=O) groups excluding carboxylic acids is 1. The lowest BCUT2D eigenvalue weighted by Gasteiger charge is -2.35. The third-order valence-corrected chi connectivity index (χ3v) is 6.53. The van der Waals surface area contributed by atoms with Crippen LogP contribution in [0.5, 0.6) is 0 Å². The summed E-state index contributed by atoms with van der Waals surface area (Å²) >= 11 is 0. The summed E-state index contributed by atoms with van der Waals surface area (Å²) in [7, 11) is 0. The molecule has 1 unspecified atom stereocenters. The standard InChI is InChI=1S/C23H24N6O/c30-23-16-5-3-7-19-21(16)22(27-28-23)26-20(25-19)13-29-10-8-14(9-11-29)17-12-24-18-6-2-1-4-15(17)18/h1-7,12,14,22,24,27H,8-11,13H2,(H,25,26)(H,28,30). The van der Waals surface area contributed by atoms with Crippen LogP contribution >= 0.6 is 0 Å². The number of para-hydroxylation sites is 1. The fourth-order valence-corrected chi connectivity index (χ4v) is 5.01. The third-order valence-electron chi connectivity index (χ3n) is 6.53. The van der Waals surface area contributed by atoms with E-state index in [2.05, 4.69) is 56.5 Å². The summed E-state index contributed by atoms with van der Waals surface area (Å²) < 4.78 is 0. The quantitative estimate of drug-likeness (QED) is 0.544. The van der Waals surface area contributed by atoms with E-state index in [9.17, 15) is 4.79 Å². The summed E-state index contributed by atoms with van der Waals surface area (Å²) in [4.78, 5) is 22.8. The highest BCUT2D eigenvalue weighted by atomic mass is 16.2. The predicted octanol–water partition coefficient (Wildman–Crippen LogP) is 3.12. The number of aromatic nitrogens is 1. The zero-order valence-corrected chi connectivity index (χ0v) is 16.6. The van der Waals surface area contributed by atoms with Crippen LogP contribution in [0.1, 0.15) is 46.4 Å². The fraction of sp³-hybridized carbons (Fsp3) is 0.304. The molecule has 0 bridgehead atoms. The molecule has 7 nitrogen and oxygen atoms in total. The fourth-order valence-electron chi connectivity index (χ4n) is 5.01. The number of hydrogen-bond acceptors (Lipinski definition) is 5. The topological polar surface area (TPSA) is 84.6 Å². The number of rotatable bonds is 3. The van der Waals surface area contributed by atoms with Gasteiger partial charge in [0.05, 0.1) is 6.54 Å². The van der Waals surface area contributed by atoms with Gasteiger partial charge in [0.1, 0.15) is 12.0 Å². The van der Waals surface area contributed by atoms with Gasteiger partial charge in [-0.2, -0.15) is 0 Å². The number of anilines is 1. The smallest absolute Gasteiger partial charge is 0.265 e. The molecule has 152 valence electrons. The van der Waals surface area contributed by atoms with Crippen molar-refractivity contribution in [1.29, 1.82) is 0 Å². The number of fused-ring (bicyclic) bond motifs is 1. The number of piperidine rings is 1. The van der Waals surface area contributed by atoms with Crippen molar-refractivity contribution >= 4 is 28.3 Å². The van der Waals surface area contributed by atoms with E-state index < -0.39 is 0 Å². The first-order chi connectivity index (χ1) is 14.8. The molecule has 4 N–H and O–H groups in total. The molecule has 3 aliphatic rings. The number of H-pyrrole nitrogens is 1. The SMILES string of the molecule is O=C1NNC2N=C(CN3CCC(c4c[nH]c5ccccc45)CC3)Nc3cccc1c32. The van der Waals surface area contributed by atoms with Crippen LogP contribution in [0.3, 0.4) is 0 Å². The van der Waals surface area contributed by atoms with Crippen molar-refractivity contribution in [1.82, 2.24) is 20.7 Å². The minimum atomic E-state index is -0.228. The monoisotopic (exact) mass is 400 g/mol. The molecule has 30 heavy (non-hydrogen) atoms. The normalized spacial score (nSPS) is 21.7. The van der Waals surface area contributed by atoms with Crippen LogP contribution in [0, 0.1) is 0 Å². The average Bonchev–Trinajstić information content (AvgIpc) is 3.21. The zero-order valence-electron chi connectivity index (χ0n) is 16.6. The van der Waals surface area contributed by atoms with Crippen molar-refractivity contribution in [2.75, 3.05) is 25.0 Å². The lowest BCUT2D eigenvalue weighted by molar-refractivity contribution is 0.0908. The van der Waals surface area contributed by atoms with E-state index in [0.717, 1.165) is 49.6 Å². The van der Waals surface area contributed by atoms with Gasteiger partial charge >= 0.3 is 0 Å². The van der Waals surface area contributed by atoms with Gasteiger partial charge in [0, 0.05) is 33.9 Å². The molecular weight excluding hydrogens is 376 g/mol. The van der Waals surface area contributed by atoms with Crippen molar-refractivity contribution < 1.29 is 4.79 Å². The van der Waals surface area contributed by atoms with Crippen molar-refractivity contribution in [2.24, 2.45) is 4.99 Å². The van der Waals surface area contributed by atoms with E-state index >= 15 is 0 Å². The maximum atomic E-state index is 12.1. The van der Waals surface area contributed by atoms with Crippen molar-refractivity contribution in [2.45, 2.75) is 24.9 Å². The average molecular weight is 400 g/mol. The molecule has 6 rings (SSSR count). The molecule has 0 spiro atoms. The second kappa shape index (κ2) is 6.97. The van der Waals surface area contributed by atoms with Gasteiger partial charge in [-0.25, -0.2) is 10.4 Å². The Balaban J connectivity index is 1.15. The van der Waals surface area contributed by atoms with Crippen molar-refractivity contribution in [3.8, 4) is 0 Å². The number of nitrogens with one attached hydrogen (secondary N) is 4. The van der Waals surface area contributed by atoms with Crippen LogP contribution in [0.15, 0.2) is 53.7 Å². The van der Waals surface area contributed by atoms with Crippen molar-refractivity contribution in [3.05, 3.63) is 65.4 Å². The van der Waals surface area contributed by atoms with Crippen LogP contribution < -0.4 is 16.2 Å². The Labute approximate surface area is 174 Å². The lowest BCUT2D eigenvalue weighted by atomic mass is 9.89. The first-order valence-electron chi connectivity index (χ1n) is 10.6. The third kappa shape index (κ3) is 2.89. The van der Waals surface area contributed by atoms with E-state index in [-0.39, 0.29) is 12.1 Å². The second-order valence-electron chi connectivity index (χ2n) is 8.31. The Kier molecular flexibility index (Phi) is 4.11. The Bertz CT molecular complexity index is 1160. The summed E-state index contributed by atoms with van der Waals surface area (Å²) in [6.45, 7) is 2.88. The molecule has 1 atom stereocenters. The molecular formula is C23H24N6O. The van der Waals surface area contributed by atoms with Crippen LogP contribution in [0.2, 0.25) is 0 Å². The Hall–Kier alpha value is -3.16. The van der Waals surface area contributed by atoms with Gasteiger partial charge in [0.15, 0.2) is 0 Å². The first kappa shape index (κ1) is 17.7. The van der Waals surface area contributed by atoms with E-state index in [4.69, 9.17) is 4.99 Å². The number of likely N-dealkylation sites (tertiary alicyclic amines) is 1. The number of amidine groups is 1. The molecule has 0 radical (unpaired) electrons. The van der Waals surface area contributed by atoms with E-state index in [1.54, 1.807) is 0 Å². The first-order valence-corrected chi connectivity index (χ1v) is 10.6. The summed E-state index contributed by atoms with van der Waals surface area (Å²) in [5, 5.41) is 4.80. The Morgan fingerprint density at radius 3 is 2.83 bits per heavy atom. The molecule has 4 heterocycles. The zero-order chi connectivity index (χ0) is 20.1. The molecule has 0 aliphatic carbocycles. The Morgan fingerprint density at radius 2 is 1.93 bits per heavy atom. The second-order valence-corrected chi connectivity index (χ2v) is 8.31. The van der Waals surface area contributed by atoms with E-state index in [1.165, 1.54) is 16.5 Å². The van der Waals surface area contributed by atoms with Gasteiger partial charge < -0.3 is 10.3 Å². The summed E-state index contributed by atoms with van der Waals surface area (Å²) in [6, 6.07) is 14.3. The maximum Gasteiger partial charge on any atom is 0.265 e. The predicted molar refractivity (Wildman–Crippen MR) is 118 cm³/mol. The minimum Gasteiger partial charge on any atom is -0.361 e. The van der Waals surface area contributed by atoms with Crippen LogP contribution in [0.4, 0.5) is 5.69 Å². The number of hydrazine groups is 1. The van der Waals surface area contributed by atoms with Gasteiger partial charge in [-0.05, 0) is 55.6 Å². The van der Waals surface area contributed by atoms with E-state index in [0.29, 0.717) is 11.5 Å². The van der Waals surface area contributed by atoms with Crippen LogP contribution in [-0.4, -0.2) is 41.3 Å². The highest BCUT2D eigenvalue weighted by Gasteiger charge is 2.31. The molecule has 1 amide bonds. The number of carbonyl (C=O) groups is 1. The molecule has 3 aromatic rings. The van der Waals surface area contributed by atoms with Crippen molar-refractivity contribution in [3.63, 3.8) is 0 Å². The van der Waals surface area contributed by atoms with Gasteiger partial charge in [-0.3, -0.25) is 15.1 Å². The minimum absolute atomic E-state index is 0.108. The summed E-state index contributed by atoms with van der Waals surface area (Å²) in [5.41, 5.74) is 11.0. The van der Waals surface area contributed by atoms with Gasteiger partial charge in [0.2, 0.25) is 0 Å². The highest BCUT2D eigenvalue weighted by molar-refractivity contribution is 6.04. The molecule has 1 saturated heterocycles. The summed E-state index contributed by atoms with van der Waals surface area (Å²) in [5.74, 6) is 1.43. The van der Waals surface area contributed by atoms with Gasteiger partial charge in [-0.1, -0.05) is 24.3 Å². The molecule has 0 saturated carbocycles. The highest BCUT2D eigenvalue weighted by Crippen LogP contribution is 2.35. The number of amides is 1. The largest absolute Gasteiger partial charge is 0.361 e. The number of nitrogens with zero attached hydrogens (tertiary/aromatic N) is 2. The number of aliphatic imine (C=N–C) groups is 1. The van der Waals surface area contributed by atoms with Crippen LogP contribution in [-0.2, 0) is 0 Å². The molecule has 3 aliphatic heterocycles. The summed E-state index contributed by atoms with van der Waals surface area (Å²) in [6.07, 6.45) is 4.25. The molecule has 1 aromatic heterocycles.